The third-order valence-corrected chi connectivity index (χ3v) is 2.42. The molecular weight excluding hydrogens is 233 g/mol. The lowest BCUT2D eigenvalue weighted by Crippen LogP contribution is -1.97. The molecule has 0 fully saturated rings. The van der Waals surface area contributed by atoms with Crippen LogP contribution in [0.2, 0.25) is 0 Å². The first-order valence-electron chi connectivity index (χ1n) is 4.35. The van der Waals surface area contributed by atoms with E-state index in [0.717, 1.165) is 0 Å². The monoisotopic (exact) mass is 245 g/mol. The Morgan fingerprint density at radius 3 is 2.75 bits per heavy atom. The first-order valence-corrected chi connectivity index (χ1v) is 5.88. The molecule has 0 amide bonds. The average Bonchev–Trinajstić information content (AvgIpc) is 2.18. The minimum absolute atomic E-state index is 0.0678. The van der Waals surface area contributed by atoms with Crippen LogP contribution in [0.4, 0.5) is 0 Å². The van der Waals surface area contributed by atoms with E-state index in [-0.39, 0.29) is 12.4 Å². The molecule has 1 heterocycles. The summed E-state index contributed by atoms with van der Waals surface area (Å²) in [6.45, 7) is 4.77. The van der Waals surface area contributed by atoms with Gasteiger partial charge in [-0.3, -0.25) is 9.51 Å². The van der Waals surface area contributed by atoms with Gasteiger partial charge in [0, 0.05) is 17.3 Å². The quantitative estimate of drug-likeness (QED) is 0.692. The first-order chi connectivity index (χ1) is 7.35. The molecule has 88 valence electrons. The van der Waals surface area contributed by atoms with E-state index in [9.17, 15) is 9.67 Å². The summed E-state index contributed by atoms with van der Waals surface area (Å²) < 4.78 is 14.8. The summed E-state index contributed by atoms with van der Waals surface area (Å²) in [6, 6.07) is 0. The predicted molar refractivity (Wildman–Crippen MR) is 57.6 cm³/mol. The molecule has 0 radical (unpaired) electrons. The third-order valence-electron chi connectivity index (χ3n) is 1.95. The van der Waals surface area contributed by atoms with E-state index in [1.165, 1.54) is 12.3 Å². The van der Waals surface area contributed by atoms with Gasteiger partial charge in [-0.1, -0.05) is 12.7 Å². The Balaban J connectivity index is 3.01. The predicted octanol–water partition coefficient (Wildman–Crippen LogP) is 1.35. The fraction of sp³-hybridized carbons (Fsp3) is 0.222. The standard InChI is InChI=1S/C9H12NO5P/c1-3-8-7(5-15-16(12,13)14)4-10-6(2)9(8)11/h3-4,11H,1,5H2,2H3,(H2,12,13,14). The van der Waals surface area contributed by atoms with Crippen LogP contribution >= 0.6 is 7.82 Å². The minimum atomic E-state index is -4.53. The molecule has 1 rings (SSSR count). The summed E-state index contributed by atoms with van der Waals surface area (Å²) in [7, 11) is -4.53. The molecule has 0 aromatic carbocycles. The molecule has 6 nitrogen and oxygen atoms in total. The van der Waals surface area contributed by atoms with Crippen LogP contribution in [-0.4, -0.2) is 19.9 Å². The topological polar surface area (TPSA) is 99.9 Å². The summed E-state index contributed by atoms with van der Waals surface area (Å²) >= 11 is 0. The Morgan fingerprint density at radius 2 is 2.25 bits per heavy atom. The van der Waals surface area contributed by atoms with E-state index in [0.29, 0.717) is 16.8 Å². The zero-order valence-corrected chi connectivity index (χ0v) is 9.52. The number of pyridine rings is 1. The van der Waals surface area contributed by atoms with Crippen molar-refractivity contribution < 1.29 is 24.0 Å². The molecule has 1 aromatic heterocycles. The lowest BCUT2D eigenvalue weighted by molar-refractivity contribution is 0.188. The fourth-order valence-corrected chi connectivity index (χ4v) is 1.46. The number of phosphoric acid groups is 1. The molecule has 0 saturated carbocycles. The number of phosphoric ester groups is 1. The van der Waals surface area contributed by atoms with Gasteiger partial charge in [0.15, 0.2) is 0 Å². The van der Waals surface area contributed by atoms with Gasteiger partial charge >= 0.3 is 7.82 Å². The molecule has 0 spiro atoms. The van der Waals surface area contributed by atoms with Crippen LogP contribution in [0, 0.1) is 6.92 Å². The number of aromatic nitrogens is 1. The van der Waals surface area contributed by atoms with Crippen LogP contribution in [0.25, 0.3) is 6.08 Å². The van der Waals surface area contributed by atoms with Crippen molar-refractivity contribution in [2.45, 2.75) is 13.5 Å². The van der Waals surface area contributed by atoms with Crippen molar-refractivity contribution in [2.75, 3.05) is 0 Å². The van der Waals surface area contributed by atoms with Crippen molar-refractivity contribution in [1.82, 2.24) is 4.98 Å². The van der Waals surface area contributed by atoms with Gasteiger partial charge < -0.3 is 14.9 Å². The summed E-state index contributed by atoms with van der Waals surface area (Å²) in [6.07, 6.45) is 2.75. The number of aryl methyl sites for hydroxylation is 1. The second kappa shape index (κ2) is 4.76. The minimum Gasteiger partial charge on any atom is -0.505 e. The smallest absolute Gasteiger partial charge is 0.469 e. The first kappa shape index (κ1) is 12.9. The zero-order valence-electron chi connectivity index (χ0n) is 8.62. The molecular formula is C9H12NO5P. The van der Waals surface area contributed by atoms with E-state index >= 15 is 0 Å². The van der Waals surface area contributed by atoms with Gasteiger partial charge in [0.1, 0.15) is 5.75 Å². The van der Waals surface area contributed by atoms with Crippen molar-refractivity contribution in [3.63, 3.8) is 0 Å². The summed E-state index contributed by atoms with van der Waals surface area (Å²) in [5, 5.41) is 9.62. The number of nitrogens with zero attached hydrogens (tertiary/aromatic N) is 1. The maximum Gasteiger partial charge on any atom is 0.469 e. The number of aromatic hydroxyl groups is 1. The molecule has 1 aromatic rings. The molecule has 3 N–H and O–H groups in total. The van der Waals surface area contributed by atoms with Gasteiger partial charge in [-0.05, 0) is 6.92 Å². The number of hydrogen-bond acceptors (Lipinski definition) is 4. The summed E-state index contributed by atoms with van der Waals surface area (Å²) in [5.74, 6) is -0.0678. The molecule has 7 heteroatoms. The molecule has 0 aliphatic carbocycles. The Morgan fingerprint density at radius 1 is 1.62 bits per heavy atom. The Kier molecular flexibility index (Phi) is 3.83. The van der Waals surface area contributed by atoms with E-state index in [2.05, 4.69) is 16.1 Å². The van der Waals surface area contributed by atoms with Gasteiger partial charge in [0.2, 0.25) is 0 Å². The maximum absolute atomic E-state index is 10.5. The van der Waals surface area contributed by atoms with Crippen molar-refractivity contribution >= 4 is 13.9 Å². The Labute approximate surface area is 92.5 Å². The van der Waals surface area contributed by atoms with E-state index < -0.39 is 7.82 Å². The molecule has 0 aliphatic rings. The van der Waals surface area contributed by atoms with Crippen LogP contribution in [0.5, 0.6) is 5.75 Å². The van der Waals surface area contributed by atoms with Gasteiger partial charge in [-0.2, -0.15) is 0 Å². The largest absolute Gasteiger partial charge is 0.505 e. The van der Waals surface area contributed by atoms with Crippen molar-refractivity contribution in [3.8, 4) is 5.75 Å². The van der Waals surface area contributed by atoms with Crippen LogP contribution < -0.4 is 0 Å². The third kappa shape index (κ3) is 3.15. The lowest BCUT2D eigenvalue weighted by Gasteiger charge is -2.10. The van der Waals surface area contributed by atoms with Crippen molar-refractivity contribution in [1.29, 1.82) is 0 Å². The van der Waals surface area contributed by atoms with Crippen LogP contribution in [0.1, 0.15) is 16.8 Å². The highest BCUT2D eigenvalue weighted by molar-refractivity contribution is 7.46. The van der Waals surface area contributed by atoms with Crippen LogP contribution in [0.15, 0.2) is 12.8 Å². The van der Waals surface area contributed by atoms with E-state index in [1.807, 2.05) is 0 Å². The van der Waals surface area contributed by atoms with Crippen molar-refractivity contribution in [2.24, 2.45) is 0 Å². The van der Waals surface area contributed by atoms with E-state index in [1.54, 1.807) is 6.92 Å². The summed E-state index contributed by atoms with van der Waals surface area (Å²) in [5.41, 5.74) is 1.14. The van der Waals surface area contributed by atoms with Crippen molar-refractivity contribution in [3.05, 3.63) is 29.6 Å². The SMILES string of the molecule is C=Cc1c(COP(=O)(O)O)cnc(C)c1O. The normalized spacial score (nSPS) is 11.4. The van der Waals surface area contributed by atoms with Gasteiger partial charge in [-0.25, -0.2) is 4.57 Å². The molecule has 0 saturated heterocycles. The second-order valence-corrected chi connectivity index (χ2v) is 4.34. The Bertz CT molecular complexity index is 453. The number of hydrogen-bond donors (Lipinski definition) is 3. The highest BCUT2D eigenvalue weighted by Gasteiger charge is 2.16. The van der Waals surface area contributed by atoms with Crippen LogP contribution in [-0.2, 0) is 15.7 Å². The Hall–Kier alpha value is -1.20. The molecule has 0 unspecified atom stereocenters. The van der Waals surface area contributed by atoms with Gasteiger partial charge in [-0.15, -0.1) is 0 Å². The fourth-order valence-electron chi connectivity index (χ4n) is 1.15. The molecule has 0 bridgehead atoms. The van der Waals surface area contributed by atoms with Gasteiger partial charge in [0.05, 0.1) is 12.3 Å². The molecule has 0 aliphatic heterocycles. The van der Waals surface area contributed by atoms with E-state index in [4.69, 9.17) is 9.79 Å². The zero-order chi connectivity index (χ0) is 12.3. The highest BCUT2D eigenvalue weighted by atomic mass is 31.2. The highest BCUT2D eigenvalue weighted by Crippen LogP contribution is 2.38. The second-order valence-electron chi connectivity index (χ2n) is 3.10. The average molecular weight is 245 g/mol. The number of rotatable bonds is 4. The lowest BCUT2D eigenvalue weighted by atomic mass is 10.1. The van der Waals surface area contributed by atoms with Gasteiger partial charge in [0.25, 0.3) is 0 Å². The molecule has 16 heavy (non-hydrogen) atoms. The summed E-state index contributed by atoms with van der Waals surface area (Å²) in [4.78, 5) is 21.0. The molecule has 0 atom stereocenters. The maximum atomic E-state index is 10.5. The van der Waals surface area contributed by atoms with Crippen LogP contribution in [0.3, 0.4) is 0 Å².